The molecule has 168 valence electrons. The lowest BCUT2D eigenvalue weighted by molar-refractivity contribution is -0.125. The summed E-state index contributed by atoms with van der Waals surface area (Å²) in [5.74, 6) is 0.146. The number of anilines is 2. The summed E-state index contributed by atoms with van der Waals surface area (Å²) in [6.07, 6.45) is 0.758. The average Bonchev–Trinajstić information content (AvgIpc) is 3.22. The number of fused-ring (bicyclic) bond motifs is 2. The zero-order chi connectivity index (χ0) is 22.8. The van der Waals surface area contributed by atoms with Crippen molar-refractivity contribution >= 4 is 62.8 Å². The number of rotatable bonds is 5. The third-order valence-electron chi connectivity index (χ3n) is 5.62. The van der Waals surface area contributed by atoms with E-state index >= 15 is 0 Å². The number of carbonyl (C=O) groups excluding carboxylic acids is 2. The summed E-state index contributed by atoms with van der Waals surface area (Å²) in [7, 11) is 0. The Labute approximate surface area is 210 Å². The molecule has 3 amide bonds. The molecule has 2 aliphatic rings. The van der Waals surface area contributed by atoms with Crippen LogP contribution in [0, 0.1) is 0 Å². The zero-order valence-electron chi connectivity index (χ0n) is 17.7. The number of hydrogen-bond acceptors (Lipinski definition) is 5. The fourth-order valence-electron chi connectivity index (χ4n) is 4.09. The first kappa shape index (κ1) is 22.4. The Morgan fingerprint density at radius 2 is 1.61 bits per heavy atom. The summed E-state index contributed by atoms with van der Waals surface area (Å²) in [4.78, 5) is 31.6. The Kier molecular flexibility index (Phi) is 6.66. The van der Waals surface area contributed by atoms with Gasteiger partial charge in [-0.3, -0.25) is 4.79 Å². The normalized spacial score (nSPS) is 17.0. The first-order chi connectivity index (χ1) is 16.1. The van der Waals surface area contributed by atoms with Crippen molar-refractivity contribution in [2.45, 2.75) is 21.6 Å². The summed E-state index contributed by atoms with van der Waals surface area (Å²) < 4.78 is 0.898. The summed E-state index contributed by atoms with van der Waals surface area (Å²) in [6, 6.07) is 24.2. The van der Waals surface area contributed by atoms with Crippen LogP contribution in [0.5, 0.6) is 0 Å². The van der Waals surface area contributed by atoms with Gasteiger partial charge in [0, 0.05) is 27.4 Å². The van der Waals surface area contributed by atoms with Gasteiger partial charge in [-0.05, 0) is 42.3 Å². The first-order valence-corrected chi connectivity index (χ1v) is 13.4. The van der Waals surface area contributed by atoms with E-state index in [0.717, 1.165) is 23.0 Å². The van der Waals surface area contributed by atoms with E-state index in [0.29, 0.717) is 12.3 Å². The fourth-order valence-corrected chi connectivity index (χ4v) is 7.02. The molecule has 1 unspecified atom stereocenters. The molecule has 0 radical (unpaired) electrons. The summed E-state index contributed by atoms with van der Waals surface area (Å²) in [5, 5.41) is 2.65. The third kappa shape index (κ3) is 4.52. The van der Waals surface area contributed by atoms with Crippen molar-refractivity contribution in [2.75, 3.05) is 23.7 Å². The second-order valence-electron chi connectivity index (χ2n) is 7.72. The van der Waals surface area contributed by atoms with Crippen molar-refractivity contribution in [1.82, 2.24) is 10.2 Å². The second kappa shape index (κ2) is 9.83. The highest BCUT2D eigenvalue weighted by molar-refractivity contribution is 9.10. The maximum atomic E-state index is 12.9. The predicted molar refractivity (Wildman–Crippen MR) is 138 cm³/mol. The third-order valence-corrected chi connectivity index (χ3v) is 8.67. The molecule has 2 aliphatic heterocycles. The number of urea groups is 1. The second-order valence-corrected chi connectivity index (χ2v) is 10.7. The Hall–Kier alpha value is -2.42. The first-order valence-electron chi connectivity index (χ1n) is 10.7. The number of nitrogens with zero attached hydrogens (tertiary/aromatic N) is 2. The van der Waals surface area contributed by atoms with Gasteiger partial charge in [0.2, 0.25) is 5.91 Å². The van der Waals surface area contributed by atoms with Gasteiger partial charge in [-0.15, -0.1) is 11.8 Å². The highest BCUT2D eigenvalue weighted by Crippen LogP contribution is 2.47. The summed E-state index contributed by atoms with van der Waals surface area (Å²) in [6.45, 7) is 1.26. The Morgan fingerprint density at radius 1 is 0.970 bits per heavy atom. The lowest BCUT2D eigenvalue weighted by atomic mass is 10.2. The van der Waals surface area contributed by atoms with Crippen molar-refractivity contribution in [2.24, 2.45) is 0 Å². The molecule has 0 bridgehead atoms. The van der Waals surface area contributed by atoms with Crippen molar-refractivity contribution in [3.05, 3.63) is 82.8 Å². The smallest absolute Gasteiger partial charge is 0.325 e. The van der Waals surface area contributed by atoms with E-state index in [4.69, 9.17) is 0 Å². The number of carbonyl (C=O) groups is 2. The quantitative estimate of drug-likeness (QED) is 0.379. The molecule has 5 rings (SSSR count). The van der Waals surface area contributed by atoms with E-state index in [9.17, 15) is 9.59 Å². The predicted octanol–water partition coefficient (Wildman–Crippen LogP) is 6.43. The fraction of sp³-hybridized carbons (Fsp3) is 0.200. The van der Waals surface area contributed by atoms with E-state index in [1.54, 1.807) is 11.8 Å². The highest BCUT2D eigenvalue weighted by atomic mass is 79.9. The minimum Gasteiger partial charge on any atom is -0.340 e. The maximum Gasteiger partial charge on any atom is 0.325 e. The largest absolute Gasteiger partial charge is 0.340 e. The summed E-state index contributed by atoms with van der Waals surface area (Å²) in [5.41, 5.74) is 3.31. The van der Waals surface area contributed by atoms with Gasteiger partial charge >= 0.3 is 6.03 Å². The number of imide groups is 1. The van der Waals surface area contributed by atoms with Crippen LogP contribution < -0.4 is 10.2 Å². The number of amides is 3. The van der Waals surface area contributed by atoms with Gasteiger partial charge in [0.15, 0.2) is 0 Å². The van der Waals surface area contributed by atoms with Gasteiger partial charge < -0.3 is 10.2 Å². The molecular weight excluding hydrogens is 518 g/mol. The molecule has 5 nitrogen and oxygen atoms in total. The lowest BCUT2D eigenvalue weighted by Crippen LogP contribution is -2.43. The number of thioether (sulfide) groups is 1. The zero-order valence-corrected chi connectivity index (χ0v) is 21.0. The lowest BCUT2D eigenvalue weighted by Gasteiger charge is -2.32. The van der Waals surface area contributed by atoms with Crippen LogP contribution in [0.25, 0.3) is 0 Å². The molecule has 2 heterocycles. The topological polar surface area (TPSA) is 52.7 Å². The van der Waals surface area contributed by atoms with E-state index < -0.39 is 0 Å². The van der Waals surface area contributed by atoms with Gasteiger partial charge in [0.25, 0.3) is 0 Å². The van der Waals surface area contributed by atoms with Crippen LogP contribution in [0.2, 0.25) is 0 Å². The molecule has 33 heavy (non-hydrogen) atoms. The number of hydrogen-bond donors (Lipinski definition) is 1. The molecule has 1 fully saturated rings. The average molecular weight is 541 g/mol. The molecule has 1 N–H and O–H groups in total. The number of para-hydroxylation sites is 2. The molecule has 3 aromatic carbocycles. The Morgan fingerprint density at radius 3 is 2.30 bits per heavy atom. The van der Waals surface area contributed by atoms with E-state index in [-0.39, 0.29) is 17.3 Å². The van der Waals surface area contributed by atoms with E-state index in [2.05, 4.69) is 74.7 Å². The standard InChI is InChI=1S/C25H22BrN3O2S2/c26-18-9-2-1-8-17(18)24-29(23(30)16-32-24)25(31)27-14-7-15-28-19-10-3-5-12-21(19)33-22-13-6-4-11-20(22)28/h1-6,8-13,24H,7,14-16H2,(H,27,31). The van der Waals surface area contributed by atoms with Gasteiger partial charge in [-0.2, -0.15) is 0 Å². The molecule has 0 aliphatic carbocycles. The number of benzene rings is 3. The van der Waals surface area contributed by atoms with Gasteiger partial charge in [0.1, 0.15) is 5.37 Å². The van der Waals surface area contributed by atoms with Gasteiger partial charge in [-0.1, -0.05) is 70.2 Å². The van der Waals surface area contributed by atoms with Crippen LogP contribution in [0.4, 0.5) is 16.2 Å². The molecule has 1 saturated heterocycles. The van der Waals surface area contributed by atoms with Crippen molar-refractivity contribution in [3.63, 3.8) is 0 Å². The van der Waals surface area contributed by atoms with Crippen LogP contribution in [-0.2, 0) is 4.79 Å². The Bertz CT molecular complexity index is 1160. The summed E-state index contributed by atoms with van der Waals surface area (Å²) >= 11 is 6.81. The van der Waals surface area contributed by atoms with Gasteiger partial charge in [-0.25, -0.2) is 9.69 Å². The van der Waals surface area contributed by atoms with E-state index in [1.165, 1.54) is 37.8 Å². The van der Waals surface area contributed by atoms with Crippen LogP contribution in [0.1, 0.15) is 17.4 Å². The van der Waals surface area contributed by atoms with Crippen molar-refractivity contribution in [1.29, 1.82) is 0 Å². The minimum absolute atomic E-state index is 0.158. The molecular formula is C25H22BrN3O2S2. The van der Waals surface area contributed by atoms with Crippen LogP contribution in [0.15, 0.2) is 87.1 Å². The molecule has 0 aromatic heterocycles. The van der Waals surface area contributed by atoms with Crippen LogP contribution in [0.3, 0.4) is 0 Å². The van der Waals surface area contributed by atoms with Gasteiger partial charge in [0.05, 0.1) is 17.1 Å². The minimum atomic E-state index is -0.333. The number of halogens is 1. The van der Waals surface area contributed by atoms with E-state index in [1.807, 2.05) is 24.3 Å². The molecule has 3 aromatic rings. The molecule has 8 heteroatoms. The molecule has 0 spiro atoms. The maximum absolute atomic E-state index is 12.9. The van der Waals surface area contributed by atoms with Crippen LogP contribution in [-0.4, -0.2) is 35.7 Å². The van der Waals surface area contributed by atoms with Crippen molar-refractivity contribution < 1.29 is 9.59 Å². The Balaban J connectivity index is 1.24. The number of nitrogens with one attached hydrogen (secondary N) is 1. The van der Waals surface area contributed by atoms with Crippen molar-refractivity contribution in [3.8, 4) is 0 Å². The molecule has 0 saturated carbocycles. The van der Waals surface area contributed by atoms with Crippen LogP contribution >= 0.6 is 39.5 Å². The highest BCUT2D eigenvalue weighted by Gasteiger charge is 2.38. The SMILES string of the molecule is O=C1CSC(c2ccccc2Br)N1C(=O)NCCCN1c2ccccc2Sc2ccccc21. The molecule has 1 atom stereocenters. The monoisotopic (exact) mass is 539 g/mol.